The molecule has 0 atom stereocenters. The van der Waals surface area contributed by atoms with Gasteiger partial charge in [-0.2, -0.15) is 5.26 Å². The maximum absolute atomic E-state index is 12.9. The number of hydrogen-bond acceptors (Lipinski definition) is 9. The van der Waals surface area contributed by atoms with Crippen LogP contribution >= 0.6 is 11.3 Å². The molecule has 0 saturated heterocycles. The summed E-state index contributed by atoms with van der Waals surface area (Å²) in [6, 6.07) is 6.37. The second-order valence-electron chi connectivity index (χ2n) is 6.80. The number of thiophene rings is 1. The number of nitriles is 1. The standard InChI is InChI=1S/C19H12F3N7O4S/c1-29-13(18(31)33-28-29)10-9(6-23)15(25)27-17-11(10)12(24)14(34-17)16(30)26-7-2-4-8(5-3-7)32-19(20,21)22/h2-5H,1H3,(H5-,24,25,26,27,28,30,31)/p+1. The number of alkyl halides is 3. The summed E-state index contributed by atoms with van der Waals surface area (Å²) in [4.78, 5) is 29.5. The second kappa shape index (κ2) is 8.08. The Kier molecular flexibility index (Phi) is 5.37. The Balaban J connectivity index is 1.77. The van der Waals surface area contributed by atoms with Crippen molar-refractivity contribution in [3.05, 3.63) is 45.1 Å². The number of halogens is 3. The van der Waals surface area contributed by atoms with Gasteiger partial charge in [-0.1, -0.05) is 4.68 Å². The molecule has 0 unspecified atom stereocenters. The van der Waals surface area contributed by atoms with Crippen LogP contribution in [0, 0.1) is 11.3 Å². The third-order valence-electron chi connectivity index (χ3n) is 4.61. The van der Waals surface area contributed by atoms with Gasteiger partial charge >= 0.3 is 17.7 Å². The van der Waals surface area contributed by atoms with Gasteiger partial charge in [-0.25, -0.2) is 9.78 Å². The molecular formula is C19H13F3N7O4S+. The van der Waals surface area contributed by atoms with E-state index in [2.05, 4.69) is 20.3 Å². The molecule has 0 spiro atoms. The number of rotatable bonds is 4. The SMILES string of the molecule is C[n+]1[nH]oc(=O)c1-c1c(C#N)c(N)nc2sc(C(=O)Nc3ccc(OC(F)(F)F)cc3)c(N)c12. The summed E-state index contributed by atoms with van der Waals surface area (Å²) in [5.74, 6) is -1.34. The summed E-state index contributed by atoms with van der Waals surface area (Å²) in [6.07, 6.45) is -4.85. The van der Waals surface area contributed by atoms with Crippen molar-refractivity contribution in [3.63, 3.8) is 0 Å². The second-order valence-corrected chi connectivity index (χ2v) is 7.80. The molecule has 0 saturated carbocycles. The number of nitrogens with one attached hydrogen (secondary N) is 2. The Labute approximate surface area is 190 Å². The molecule has 3 heterocycles. The van der Waals surface area contributed by atoms with Gasteiger partial charge in [0.15, 0.2) is 7.05 Å². The van der Waals surface area contributed by atoms with Crippen molar-refractivity contribution in [2.24, 2.45) is 7.05 Å². The molecule has 174 valence electrons. The van der Waals surface area contributed by atoms with Crippen molar-refractivity contribution >= 4 is 44.7 Å². The van der Waals surface area contributed by atoms with Crippen LogP contribution in [0.2, 0.25) is 0 Å². The monoisotopic (exact) mass is 492 g/mol. The highest BCUT2D eigenvalue weighted by Crippen LogP contribution is 2.41. The van der Waals surface area contributed by atoms with E-state index in [1.807, 2.05) is 6.07 Å². The highest BCUT2D eigenvalue weighted by molar-refractivity contribution is 7.21. The largest absolute Gasteiger partial charge is 0.573 e. The normalized spacial score (nSPS) is 11.4. The minimum atomic E-state index is -4.85. The molecule has 0 fully saturated rings. The Bertz CT molecular complexity index is 1530. The average molecular weight is 492 g/mol. The summed E-state index contributed by atoms with van der Waals surface area (Å²) in [5.41, 5.74) is 11.3. The number of aromatic nitrogens is 3. The number of fused-ring (bicyclic) bond motifs is 1. The van der Waals surface area contributed by atoms with Crippen LogP contribution in [0.3, 0.4) is 0 Å². The number of anilines is 3. The lowest BCUT2D eigenvalue weighted by Gasteiger charge is -2.09. The Morgan fingerprint density at radius 1 is 1.32 bits per heavy atom. The number of benzene rings is 1. The lowest BCUT2D eigenvalue weighted by Crippen LogP contribution is -2.34. The maximum Gasteiger partial charge on any atom is 0.573 e. The zero-order chi connectivity index (χ0) is 24.8. The summed E-state index contributed by atoms with van der Waals surface area (Å²) in [5, 5.41) is 14.6. The minimum absolute atomic E-state index is 0.0172. The average Bonchev–Trinajstić information content (AvgIpc) is 3.26. The van der Waals surface area contributed by atoms with Crippen LogP contribution in [-0.4, -0.2) is 22.5 Å². The zero-order valence-electron chi connectivity index (χ0n) is 17.0. The van der Waals surface area contributed by atoms with Crippen molar-refractivity contribution < 1.29 is 31.9 Å². The number of hydrogen-bond donors (Lipinski definition) is 4. The number of aromatic amines is 1. The van der Waals surface area contributed by atoms with Gasteiger partial charge in [0.05, 0.1) is 16.6 Å². The van der Waals surface area contributed by atoms with E-state index in [0.29, 0.717) is 0 Å². The van der Waals surface area contributed by atoms with Crippen molar-refractivity contribution in [1.82, 2.24) is 10.3 Å². The fourth-order valence-electron chi connectivity index (χ4n) is 3.23. The summed E-state index contributed by atoms with van der Waals surface area (Å²) in [6.45, 7) is 0. The Hall–Kier alpha value is -4.58. The van der Waals surface area contributed by atoms with Crippen molar-refractivity contribution in [2.75, 3.05) is 16.8 Å². The van der Waals surface area contributed by atoms with Crippen LogP contribution in [0.5, 0.6) is 5.75 Å². The van der Waals surface area contributed by atoms with E-state index in [0.717, 1.165) is 23.5 Å². The number of nitrogens with two attached hydrogens (primary N) is 2. The summed E-state index contributed by atoms with van der Waals surface area (Å²) < 4.78 is 46.7. The summed E-state index contributed by atoms with van der Waals surface area (Å²) in [7, 11) is 1.46. The quantitative estimate of drug-likeness (QED) is 0.313. The fourth-order valence-corrected chi connectivity index (χ4v) is 4.23. The molecule has 11 nitrogen and oxygen atoms in total. The number of amides is 1. The number of nitrogen functional groups attached to an aromatic ring is 2. The fraction of sp³-hybridized carbons (Fsp3) is 0.105. The molecule has 1 amide bonds. The topological polar surface area (TPSA) is 177 Å². The first-order chi connectivity index (χ1) is 16.0. The van der Waals surface area contributed by atoms with E-state index in [1.165, 1.54) is 23.9 Å². The third kappa shape index (κ3) is 3.97. The first-order valence-corrected chi connectivity index (χ1v) is 9.98. The Morgan fingerprint density at radius 3 is 2.56 bits per heavy atom. The maximum atomic E-state index is 12.9. The third-order valence-corrected chi connectivity index (χ3v) is 5.71. The summed E-state index contributed by atoms with van der Waals surface area (Å²) >= 11 is 0.856. The lowest BCUT2D eigenvalue weighted by molar-refractivity contribution is -0.730. The minimum Gasteiger partial charge on any atom is -0.406 e. The van der Waals surface area contributed by atoms with Crippen LogP contribution in [0.4, 0.5) is 30.4 Å². The predicted molar refractivity (Wildman–Crippen MR) is 114 cm³/mol. The highest BCUT2D eigenvalue weighted by atomic mass is 32.1. The molecule has 0 bridgehead atoms. The highest BCUT2D eigenvalue weighted by Gasteiger charge is 2.32. The first kappa shape index (κ1) is 22.6. The van der Waals surface area contributed by atoms with Gasteiger partial charge in [0.25, 0.3) is 5.91 Å². The van der Waals surface area contributed by atoms with Crippen molar-refractivity contribution in [2.45, 2.75) is 6.36 Å². The first-order valence-electron chi connectivity index (χ1n) is 9.16. The molecule has 6 N–H and O–H groups in total. The number of pyridine rings is 1. The molecule has 1 aromatic carbocycles. The molecule has 15 heteroatoms. The van der Waals surface area contributed by atoms with Gasteiger partial charge in [0.2, 0.25) is 0 Å². The molecule has 4 aromatic rings. The van der Waals surface area contributed by atoms with Gasteiger partial charge < -0.3 is 21.5 Å². The van der Waals surface area contributed by atoms with E-state index in [1.54, 1.807) is 0 Å². The van der Waals surface area contributed by atoms with Gasteiger partial charge in [-0.3, -0.25) is 9.32 Å². The molecule has 0 aliphatic rings. The number of carbonyl (C=O) groups is 1. The van der Waals surface area contributed by atoms with Crippen LogP contribution in [0.25, 0.3) is 21.5 Å². The van der Waals surface area contributed by atoms with E-state index in [-0.39, 0.29) is 49.1 Å². The van der Waals surface area contributed by atoms with Crippen LogP contribution in [-0.2, 0) is 7.05 Å². The molecule has 0 radical (unpaired) electrons. The van der Waals surface area contributed by atoms with E-state index < -0.39 is 23.6 Å². The molecular weight excluding hydrogens is 479 g/mol. The van der Waals surface area contributed by atoms with Gasteiger partial charge in [-0.15, -0.1) is 24.5 Å². The molecule has 3 aromatic heterocycles. The number of carbonyl (C=O) groups excluding carboxylic acids is 1. The van der Waals surface area contributed by atoms with Crippen LogP contribution in [0.1, 0.15) is 15.2 Å². The van der Waals surface area contributed by atoms with Gasteiger partial charge in [-0.05, 0) is 29.5 Å². The Morgan fingerprint density at radius 2 is 2.00 bits per heavy atom. The molecule has 0 aliphatic carbocycles. The molecule has 34 heavy (non-hydrogen) atoms. The lowest BCUT2D eigenvalue weighted by atomic mass is 10.0. The van der Waals surface area contributed by atoms with Gasteiger partial charge in [0.1, 0.15) is 32.9 Å². The number of aryl methyl sites for hydroxylation is 1. The zero-order valence-corrected chi connectivity index (χ0v) is 17.8. The van der Waals surface area contributed by atoms with Crippen LogP contribution < -0.4 is 31.8 Å². The molecule has 0 aliphatic heterocycles. The number of nitrogens with zero attached hydrogens (tertiary/aromatic N) is 3. The van der Waals surface area contributed by atoms with E-state index >= 15 is 0 Å². The molecule has 4 rings (SSSR count). The van der Waals surface area contributed by atoms with Crippen molar-refractivity contribution in [3.8, 4) is 23.1 Å². The van der Waals surface area contributed by atoms with E-state index in [9.17, 15) is 28.0 Å². The number of H-pyrrole nitrogens is 1. The van der Waals surface area contributed by atoms with E-state index in [4.69, 9.17) is 16.0 Å². The smallest absolute Gasteiger partial charge is 0.406 e. The van der Waals surface area contributed by atoms with Crippen molar-refractivity contribution in [1.29, 1.82) is 5.26 Å². The predicted octanol–water partition coefficient (Wildman–Crippen LogP) is 2.26. The number of ether oxygens (including phenoxy) is 1. The van der Waals surface area contributed by atoms with Gasteiger partial charge in [0, 0.05) is 5.69 Å². The van der Waals surface area contributed by atoms with Crippen LogP contribution in [0.15, 0.2) is 33.6 Å².